The van der Waals surface area contributed by atoms with E-state index in [-0.39, 0.29) is 0 Å². The van der Waals surface area contributed by atoms with Crippen LogP contribution in [0.15, 0.2) is 23.1 Å². The second-order valence-electron chi connectivity index (χ2n) is 2.57. The van der Waals surface area contributed by atoms with Crippen LogP contribution < -0.4 is 11.3 Å². The van der Waals surface area contributed by atoms with Gasteiger partial charge in [-0.05, 0) is 36.4 Å². The molecule has 0 aliphatic rings. The van der Waals surface area contributed by atoms with Gasteiger partial charge < -0.3 is 5.43 Å². The van der Waals surface area contributed by atoms with E-state index in [1.54, 1.807) is 11.8 Å². The lowest BCUT2D eigenvalue weighted by Crippen LogP contribution is -2.06. The van der Waals surface area contributed by atoms with Crippen LogP contribution in [0.5, 0.6) is 0 Å². The average molecular weight is 182 g/mol. The Morgan fingerprint density at radius 3 is 2.67 bits per heavy atom. The molecule has 0 saturated heterocycles. The smallest absolute Gasteiger partial charge is 0.0498 e. The minimum absolute atomic E-state index is 0.985. The van der Waals surface area contributed by atoms with Gasteiger partial charge in [-0.2, -0.15) is 0 Å². The van der Waals surface area contributed by atoms with Crippen molar-refractivity contribution in [1.82, 2.24) is 0 Å². The largest absolute Gasteiger partial charge is 0.324 e. The number of aryl methyl sites for hydroxylation is 1. The summed E-state index contributed by atoms with van der Waals surface area (Å²) in [7, 11) is 0. The van der Waals surface area contributed by atoms with E-state index < -0.39 is 0 Å². The third kappa shape index (κ3) is 2.16. The molecule has 0 fully saturated rings. The highest BCUT2D eigenvalue weighted by Crippen LogP contribution is 2.21. The monoisotopic (exact) mass is 182 g/mol. The molecule has 2 nitrogen and oxygen atoms in total. The summed E-state index contributed by atoms with van der Waals surface area (Å²) in [5, 5.41) is 0. The molecule has 0 aliphatic carbocycles. The molecule has 12 heavy (non-hydrogen) atoms. The summed E-state index contributed by atoms with van der Waals surface area (Å²) in [6, 6.07) is 6.30. The Bertz CT molecular complexity index is 205. The minimum Gasteiger partial charge on any atom is -0.324 e. The number of hydrogen-bond donors (Lipinski definition) is 2. The van der Waals surface area contributed by atoms with Crippen LogP contribution in [0.4, 0.5) is 5.69 Å². The van der Waals surface area contributed by atoms with Crippen LogP contribution in [-0.4, -0.2) is 6.26 Å². The van der Waals surface area contributed by atoms with Crippen LogP contribution in [0.3, 0.4) is 0 Å². The Morgan fingerprint density at radius 2 is 2.17 bits per heavy atom. The average Bonchev–Trinajstić information content (AvgIpc) is 2.16. The predicted octanol–water partition coefficient (Wildman–Crippen LogP) is 2.26. The van der Waals surface area contributed by atoms with Crippen molar-refractivity contribution in [3.63, 3.8) is 0 Å². The molecule has 0 unspecified atom stereocenters. The molecule has 3 N–H and O–H groups in total. The first-order chi connectivity index (χ1) is 5.80. The molecule has 0 bridgehead atoms. The van der Waals surface area contributed by atoms with Gasteiger partial charge in [0.2, 0.25) is 0 Å². The van der Waals surface area contributed by atoms with Gasteiger partial charge in [-0.25, -0.2) is 0 Å². The Kier molecular flexibility index (Phi) is 3.44. The Morgan fingerprint density at radius 1 is 1.42 bits per heavy atom. The molecule has 1 aromatic rings. The molecular weight excluding hydrogens is 168 g/mol. The van der Waals surface area contributed by atoms with Gasteiger partial charge in [-0.3, -0.25) is 5.84 Å². The van der Waals surface area contributed by atoms with Crippen molar-refractivity contribution >= 4 is 17.4 Å². The molecular formula is C9H14N2S. The summed E-state index contributed by atoms with van der Waals surface area (Å²) in [5.74, 6) is 5.34. The summed E-state index contributed by atoms with van der Waals surface area (Å²) in [6.45, 7) is 2.14. The highest BCUT2D eigenvalue weighted by Gasteiger charge is 1.97. The summed E-state index contributed by atoms with van der Waals surface area (Å²) >= 11 is 1.73. The lowest BCUT2D eigenvalue weighted by atomic mass is 10.1. The van der Waals surface area contributed by atoms with Crippen molar-refractivity contribution in [2.24, 2.45) is 5.84 Å². The maximum absolute atomic E-state index is 5.34. The van der Waals surface area contributed by atoms with Crippen molar-refractivity contribution in [3.05, 3.63) is 23.8 Å². The van der Waals surface area contributed by atoms with Gasteiger partial charge in [-0.15, -0.1) is 11.8 Å². The Labute approximate surface area is 77.5 Å². The van der Waals surface area contributed by atoms with E-state index in [0.29, 0.717) is 0 Å². The number of nitrogens with one attached hydrogen (secondary N) is 1. The van der Waals surface area contributed by atoms with Crippen LogP contribution in [0.2, 0.25) is 0 Å². The third-order valence-electron chi connectivity index (χ3n) is 1.78. The van der Waals surface area contributed by atoms with Crippen LogP contribution >= 0.6 is 11.8 Å². The molecule has 0 saturated carbocycles. The molecule has 0 spiro atoms. The SMILES string of the molecule is CCc1cc(NN)cc(SC)c1. The highest BCUT2D eigenvalue weighted by molar-refractivity contribution is 7.98. The summed E-state index contributed by atoms with van der Waals surface area (Å²) in [6.07, 6.45) is 3.11. The van der Waals surface area contributed by atoms with Crippen molar-refractivity contribution in [2.45, 2.75) is 18.2 Å². The first-order valence-electron chi connectivity index (χ1n) is 3.94. The standard InChI is InChI=1S/C9H14N2S/c1-3-7-4-8(11-10)6-9(5-7)12-2/h4-6,11H,3,10H2,1-2H3. The molecule has 0 aromatic heterocycles. The van der Waals surface area contributed by atoms with Gasteiger partial charge in [-0.1, -0.05) is 6.92 Å². The fourth-order valence-electron chi connectivity index (χ4n) is 1.07. The zero-order valence-corrected chi connectivity index (χ0v) is 8.24. The normalized spacial score (nSPS) is 9.92. The van der Waals surface area contributed by atoms with Crippen molar-refractivity contribution in [1.29, 1.82) is 0 Å². The molecule has 66 valence electrons. The zero-order valence-electron chi connectivity index (χ0n) is 7.42. The van der Waals surface area contributed by atoms with Gasteiger partial charge in [0, 0.05) is 10.6 Å². The number of anilines is 1. The van der Waals surface area contributed by atoms with Crippen LogP contribution in [0, 0.1) is 0 Å². The fourth-order valence-corrected chi connectivity index (χ4v) is 1.58. The molecule has 0 aliphatic heterocycles. The topological polar surface area (TPSA) is 38.0 Å². The fraction of sp³-hybridized carbons (Fsp3) is 0.333. The van der Waals surface area contributed by atoms with E-state index in [1.165, 1.54) is 10.5 Å². The number of nitrogen functional groups attached to an aromatic ring is 1. The summed E-state index contributed by atoms with van der Waals surface area (Å²) in [4.78, 5) is 1.25. The van der Waals surface area contributed by atoms with Crippen molar-refractivity contribution in [3.8, 4) is 0 Å². The summed E-state index contributed by atoms with van der Waals surface area (Å²) < 4.78 is 0. The Hall–Kier alpha value is -0.670. The Balaban J connectivity index is 3.01. The van der Waals surface area contributed by atoms with E-state index in [9.17, 15) is 0 Å². The molecule has 0 heterocycles. The summed E-state index contributed by atoms with van der Waals surface area (Å²) in [5.41, 5.74) is 4.96. The lowest BCUT2D eigenvalue weighted by Gasteiger charge is -2.05. The van der Waals surface area contributed by atoms with Gasteiger partial charge in [0.05, 0.1) is 0 Å². The van der Waals surface area contributed by atoms with Crippen molar-refractivity contribution < 1.29 is 0 Å². The number of hydrogen-bond acceptors (Lipinski definition) is 3. The predicted molar refractivity (Wildman–Crippen MR) is 55.4 cm³/mol. The van der Waals surface area contributed by atoms with E-state index in [4.69, 9.17) is 5.84 Å². The number of nitrogens with two attached hydrogens (primary N) is 1. The molecule has 3 heteroatoms. The third-order valence-corrected chi connectivity index (χ3v) is 2.48. The van der Waals surface area contributed by atoms with Crippen LogP contribution in [-0.2, 0) is 6.42 Å². The number of benzene rings is 1. The quantitative estimate of drug-likeness (QED) is 0.428. The van der Waals surface area contributed by atoms with E-state index in [1.807, 2.05) is 6.07 Å². The second kappa shape index (κ2) is 4.38. The van der Waals surface area contributed by atoms with Crippen LogP contribution in [0.25, 0.3) is 0 Å². The van der Waals surface area contributed by atoms with Gasteiger partial charge in [0.25, 0.3) is 0 Å². The second-order valence-corrected chi connectivity index (χ2v) is 3.45. The maximum Gasteiger partial charge on any atom is 0.0498 e. The van der Waals surface area contributed by atoms with Gasteiger partial charge in [0.15, 0.2) is 0 Å². The number of thioether (sulfide) groups is 1. The molecule has 0 amide bonds. The van der Waals surface area contributed by atoms with E-state index in [0.717, 1.165) is 12.1 Å². The van der Waals surface area contributed by atoms with Crippen molar-refractivity contribution in [2.75, 3.05) is 11.7 Å². The zero-order chi connectivity index (χ0) is 8.97. The van der Waals surface area contributed by atoms with Gasteiger partial charge >= 0.3 is 0 Å². The first-order valence-corrected chi connectivity index (χ1v) is 5.17. The number of rotatable bonds is 3. The molecule has 0 radical (unpaired) electrons. The minimum atomic E-state index is 0.985. The molecule has 0 atom stereocenters. The number of hydrazine groups is 1. The van der Waals surface area contributed by atoms with Crippen LogP contribution in [0.1, 0.15) is 12.5 Å². The molecule has 1 rings (SSSR count). The van der Waals surface area contributed by atoms with E-state index in [2.05, 4.69) is 30.7 Å². The highest BCUT2D eigenvalue weighted by atomic mass is 32.2. The molecule has 1 aromatic carbocycles. The van der Waals surface area contributed by atoms with Gasteiger partial charge in [0.1, 0.15) is 0 Å². The first kappa shape index (κ1) is 9.42. The lowest BCUT2D eigenvalue weighted by molar-refractivity contribution is 1.12. The maximum atomic E-state index is 5.34. The van der Waals surface area contributed by atoms with E-state index >= 15 is 0 Å².